The van der Waals surface area contributed by atoms with Crippen molar-refractivity contribution in [3.8, 4) is 0 Å². The van der Waals surface area contributed by atoms with Crippen LogP contribution in [0.4, 0.5) is 11.4 Å². The van der Waals surface area contributed by atoms with Gasteiger partial charge in [-0.05, 0) is 43.7 Å². The highest BCUT2D eigenvalue weighted by Crippen LogP contribution is 2.17. The minimum absolute atomic E-state index is 0. The Hall–Kier alpha value is -2.37. The third-order valence-corrected chi connectivity index (χ3v) is 3.67. The molecule has 0 aliphatic rings. The fourth-order valence-electron chi connectivity index (χ4n) is 2.27. The monoisotopic (exact) mass is 361 g/mol. The molecule has 0 bridgehead atoms. The molecule has 2 rings (SSSR count). The molecule has 0 saturated carbocycles. The van der Waals surface area contributed by atoms with Crippen molar-refractivity contribution in [1.82, 2.24) is 0 Å². The van der Waals surface area contributed by atoms with Crippen LogP contribution in [0, 0.1) is 0 Å². The summed E-state index contributed by atoms with van der Waals surface area (Å²) >= 11 is 0. The van der Waals surface area contributed by atoms with E-state index in [9.17, 15) is 9.59 Å². The first-order chi connectivity index (χ1) is 11.5. The maximum absolute atomic E-state index is 12.6. The first-order valence-corrected chi connectivity index (χ1v) is 7.96. The Morgan fingerprint density at radius 1 is 1.12 bits per heavy atom. The van der Waals surface area contributed by atoms with Crippen molar-refractivity contribution >= 4 is 35.6 Å². The highest BCUT2D eigenvalue weighted by molar-refractivity contribution is 6.06. The van der Waals surface area contributed by atoms with Gasteiger partial charge in [-0.15, -0.1) is 12.4 Å². The fourth-order valence-corrected chi connectivity index (χ4v) is 2.27. The summed E-state index contributed by atoms with van der Waals surface area (Å²) in [7, 11) is 1.73. The molecule has 0 radical (unpaired) electrons. The SMILES string of the molecule is CC(N)CCC(=O)Nc1cccc(C(=O)N(C)c2ccccc2)c1.Cl. The summed E-state index contributed by atoms with van der Waals surface area (Å²) < 4.78 is 0. The number of carbonyl (C=O) groups is 2. The number of hydrogen-bond donors (Lipinski definition) is 2. The zero-order valence-electron chi connectivity index (χ0n) is 14.4. The predicted octanol–water partition coefficient (Wildman–Crippen LogP) is 3.45. The molecule has 2 amide bonds. The molecule has 2 aromatic rings. The van der Waals surface area contributed by atoms with Crippen LogP contribution in [0.2, 0.25) is 0 Å². The number of amides is 2. The maximum Gasteiger partial charge on any atom is 0.258 e. The first kappa shape index (κ1) is 20.7. The largest absolute Gasteiger partial charge is 0.328 e. The van der Waals surface area contributed by atoms with E-state index in [4.69, 9.17) is 5.73 Å². The van der Waals surface area contributed by atoms with Gasteiger partial charge in [0.25, 0.3) is 5.91 Å². The highest BCUT2D eigenvalue weighted by Gasteiger charge is 2.14. The van der Waals surface area contributed by atoms with Gasteiger partial charge in [-0.2, -0.15) is 0 Å². The molecule has 0 aliphatic carbocycles. The summed E-state index contributed by atoms with van der Waals surface area (Å²) in [5, 5.41) is 2.81. The summed E-state index contributed by atoms with van der Waals surface area (Å²) in [6.45, 7) is 1.87. The van der Waals surface area contributed by atoms with Crippen LogP contribution in [-0.4, -0.2) is 24.9 Å². The first-order valence-electron chi connectivity index (χ1n) is 7.96. The van der Waals surface area contributed by atoms with E-state index in [1.165, 1.54) is 0 Å². The Morgan fingerprint density at radius 3 is 2.44 bits per heavy atom. The molecule has 0 fully saturated rings. The molecule has 1 unspecified atom stereocenters. The Morgan fingerprint density at radius 2 is 1.80 bits per heavy atom. The van der Waals surface area contributed by atoms with Crippen LogP contribution >= 0.6 is 12.4 Å². The van der Waals surface area contributed by atoms with Crippen LogP contribution in [0.5, 0.6) is 0 Å². The maximum atomic E-state index is 12.6. The van der Waals surface area contributed by atoms with Crippen LogP contribution in [0.3, 0.4) is 0 Å². The van der Waals surface area contributed by atoms with Gasteiger partial charge < -0.3 is 16.0 Å². The minimum atomic E-state index is -0.132. The van der Waals surface area contributed by atoms with Crippen molar-refractivity contribution in [1.29, 1.82) is 0 Å². The second-order valence-corrected chi connectivity index (χ2v) is 5.84. The summed E-state index contributed by atoms with van der Waals surface area (Å²) in [6.07, 6.45) is 0.987. The lowest BCUT2D eigenvalue weighted by atomic mass is 10.1. The lowest BCUT2D eigenvalue weighted by molar-refractivity contribution is -0.116. The smallest absolute Gasteiger partial charge is 0.258 e. The van der Waals surface area contributed by atoms with Gasteiger partial charge in [0.1, 0.15) is 0 Å². The fraction of sp³-hybridized carbons (Fsp3) is 0.263. The number of anilines is 2. The molecule has 0 aromatic heterocycles. The number of halogens is 1. The second kappa shape index (κ2) is 9.81. The lowest BCUT2D eigenvalue weighted by Gasteiger charge is -2.17. The van der Waals surface area contributed by atoms with Gasteiger partial charge in [0.15, 0.2) is 0 Å². The van der Waals surface area contributed by atoms with Gasteiger partial charge in [-0.25, -0.2) is 0 Å². The van der Waals surface area contributed by atoms with Gasteiger partial charge in [0, 0.05) is 36.4 Å². The zero-order chi connectivity index (χ0) is 17.5. The Labute approximate surface area is 154 Å². The van der Waals surface area contributed by atoms with Crippen molar-refractivity contribution in [3.63, 3.8) is 0 Å². The van der Waals surface area contributed by atoms with Gasteiger partial charge in [0.2, 0.25) is 5.91 Å². The number of nitrogens with zero attached hydrogens (tertiary/aromatic N) is 1. The Balaban J connectivity index is 0.00000312. The third-order valence-electron chi connectivity index (χ3n) is 3.67. The summed E-state index contributed by atoms with van der Waals surface area (Å²) in [5.41, 5.74) is 7.60. The van der Waals surface area contributed by atoms with Crippen LogP contribution in [0.15, 0.2) is 54.6 Å². The molecule has 25 heavy (non-hydrogen) atoms. The molecule has 0 saturated heterocycles. The number of hydrogen-bond acceptors (Lipinski definition) is 3. The van der Waals surface area contributed by atoms with Crippen molar-refractivity contribution in [2.24, 2.45) is 5.73 Å². The average Bonchev–Trinajstić information content (AvgIpc) is 2.59. The van der Waals surface area contributed by atoms with Crippen LogP contribution in [0.25, 0.3) is 0 Å². The molecule has 3 N–H and O–H groups in total. The molecule has 0 aliphatic heterocycles. The molecule has 0 spiro atoms. The summed E-state index contributed by atoms with van der Waals surface area (Å²) in [6, 6.07) is 16.3. The number of nitrogens with one attached hydrogen (secondary N) is 1. The topological polar surface area (TPSA) is 75.4 Å². The predicted molar refractivity (Wildman–Crippen MR) is 104 cm³/mol. The summed E-state index contributed by atoms with van der Waals surface area (Å²) in [4.78, 5) is 26.1. The average molecular weight is 362 g/mol. The Bertz CT molecular complexity index is 705. The van der Waals surface area contributed by atoms with Crippen molar-refractivity contribution in [3.05, 3.63) is 60.2 Å². The Kier molecular flexibility index (Phi) is 8.11. The standard InChI is InChI=1S/C19H23N3O2.ClH/c1-14(20)11-12-18(23)21-16-8-6-7-15(13-16)19(24)22(2)17-9-4-3-5-10-17;/h3-10,13-14H,11-12,20H2,1-2H3,(H,21,23);1H. The second-order valence-electron chi connectivity index (χ2n) is 5.84. The third kappa shape index (κ3) is 6.21. The van der Waals surface area contributed by atoms with E-state index < -0.39 is 0 Å². The van der Waals surface area contributed by atoms with Gasteiger partial charge in [-0.1, -0.05) is 24.3 Å². The molecule has 6 heteroatoms. The molecular weight excluding hydrogens is 338 g/mol. The normalized spacial score (nSPS) is 11.2. The summed E-state index contributed by atoms with van der Waals surface area (Å²) in [5.74, 6) is -0.235. The van der Waals surface area contributed by atoms with Crippen molar-refractivity contribution in [2.45, 2.75) is 25.8 Å². The lowest BCUT2D eigenvalue weighted by Crippen LogP contribution is -2.26. The molecule has 1 atom stereocenters. The van der Waals surface area contributed by atoms with Crippen LogP contribution in [-0.2, 0) is 4.79 Å². The van der Waals surface area contributed by atoms with Crippen molar-refractivity contribution in [2.75, 3.05) is 17.3 Å². The number of benzene rings is 2. The van der Waals surface area contributed by atoms with E-state index in [-0.39, 0.29) is 30.3 Å². The highest BCUT2D eigenvalue weighted by atomic mass is 35.5. The number of para-hydroxylation sites is 1. The molecule has 2 aromatic carbocycles. The van der Waals surface area contributed by atoms with E-state index in [1.807, 2.05) is 37.3 Å². The van der Waals surface area contributed by atoms with E-state index in [2.05, 4.69) is 5.32 Å². The number of nitrogens with two attached hydrogens (primary N) is 1. The van der Waals surface area contributed by atoms with Crippen LogP contribution < -0.4 is 16.0 Å². The van der Waals surface area contributed by atoms with E-state index >= 15 is 0 Å². The van der Waals surface area contributed by atoms with E-state index in [1.54, 1.807) is 36.2 Å². The van der Waals surface area contributed by atoms with Gasteiger partial charge >= 0.3 is 0 Å². The molecule has 134 valence electrons. The molecule has 0 heterocycles. The molecule has 5 nitrogen and oxygen atoms in total. The zero-order valence-corrected chi connectivity index (χ0v) is 15.3. The van der Waals surface area contributed by atoms with Gasteiger partial charge in [-0.3, -0.25) is 9.59 Å². The minimum Gasteiger partial charge on any atom is -0.328 e. The molecular formula is C19H24ClN3O2. The van der Waals surface area contributed by atoms with E-state index in [0.717, 1.165) is 5.69 Å². The van der Waals surface area contributed by atoms with Gasteiger partial charge in [0.05, 0.1) is 0 Å². The van der Waals surface area contributed by atoms with Crippen molar-refractivity contribution < 1.29 is 9.59 Å². The van der Waals surface area contributed by atoms with E-state index in [0.29, 0.717) is 24.1 Å². The quantitative estimate of drug-likeness (QED) is 0.827. The number of carbonyl (C=O) groups excluding carboxylic acids is 2. The number of rotatable bonds is 6. The van der Waals surface area contributed by atoms with Crippen LogP contribution in [0.1, 0.15) is 30.1 Å².